The molecule has 2 aromatic heterocycles. The van der Waals surface area contributed by atoms with Gasteiger partial charge >= 0.3 is 6.09 Å². The van der Waals surface area contributed by atoms with Crippen molar-refractivity contribution in [3.8, 4) is 0 Å². The molecule has 37 heavy (non-hydrogen) atoms. The maximum Gasteiger partial charge on any atom is 0.409 e. The van der Waals surface area contributed by atoms with E-state index in [4.69, 9.17) is 4.74 Å². The molecule has 0 aliphatic carbocycles. The number of hydrogen-bond donors (Lipinski definition) is 1. The molecule has 1 fully saturated rings. The summed E-state index contributed by atoms with van der Waals surface area (Å²) in [6.07, 6.45) is 2.84. The number of hydrogen-bond acceptors (Lipinski definition) is 9. The van der Waals surface area contributed by atoms with E-state index < -0.39 is 0 Å². The molecule has 1 aliphatic rings. The second kappa shape index (κ2) is 12.0. The third-order valence-corrected chi connectivity index (χ3v) is 6.55. The Labute approximate surface area is 216 Å². The largest absolute Gasteiger partial charge is 0.450 e. The van der Waals surface area contributed by atoms with E-state index in [1.165, 1.54) is 0 Å². The van der Waals surface area contributed by atoms with E-state index in [0.29, 0.717) is 48.9 Å². The van der Waals surface area contributed by atoms with Crippen molar-refractivity contribution >= 4 is 34.8 Å². The molecule has 0 radical (unpaired) electrons. The quantitative estimate of drug-likeness (QED) is 0.432. The first-order valence-corrected chi connectivity index (χ1v) is 12.9. The summed E-state index contributed by atoms with van der Waals surface area (Å²) in [6, 6.07) is 7.38. The molecule has 198 valence electrons. The number of fused-ring (bicyclic) bond motifs is 1. The first kappa shape index (κ1) is 26.3. The van der Waals surface area contributed by atoms with Crippen molar-refractivity contribution in [3.05, 3.63) is 36.0 Å². The predicted octanol–water partition coefficient (Wildman–Crippen LogP) is 3.48. The van der Waals surface area contributed by atoms with Crippen LogP contribution in [0.25, 0.3) is 11.2 Å². The molecular weight excluding hydrogens is 474 g/mol. The number of hydrazine groups is 1. The number of piperidine rings is 1. The van der Waals surface area contributed by atoms with Crippen LogP contribution in [0.2, 0.25) is 0 Å². The summed E-state index contributed by atoms with van der Waals surface area (Å²) in [7, 11) is 0. The monoisotopic (exact) mass is 509 g/mol. The summed E-state index contributed by atoms with van der Waals surface area (Å²) in [4.78, 5) is 35.7. The Kier molecular flexibility index (Phi) is 8.49. The van der Waals surface area contributed by atoms with E-state index in [-0.39, 0.29) is 18.0 Å². The highest BCUT2D eigenvalue weighted by molar-refractivity contribution is 5.94. The van der Waals surface area contributed by atoms with Gasteiger partial charge in [-0.05, 0) is 51.0 Å². The number of anilines is 2. The Morgan fingerprint density at radius 1 is 1.05 bits per heavy atom. The molecule has 4 rings (SSSR count). The fourth-order valence-corrected chi connectivity index (χ4v) is 4.57. The molecule has 3 aromatic rings. The van der Waals surface area contributed by atoms with Crippen LogP contribution >= 0.6 is 0 Å². The van der Waals surface area contributed by atoms with E-state index >= 15 is 0 Å². The van der Waals surface area contributed by atoms with Crippen molar-refractivity contribution in [1.82, 2.24) is 39.9 Å². The highest BCUT2D eigenvalue weighted by Crippen LogP contribution is 2.25. The Balaban J connectivity index is 1.45. The predicted molar refractivity (Wildman–Crippen MR) is 139 cm³/mol. The molecule has 0 spiro atoms. The smallest absolute Gasteiger partial charge is 0.409 e. The van der Waals surface area contributed by atoms with Crippen LogP contribution in [0.5, 0.6) is 0 Å². The number of likely N-dealkylation sites (tertiary alicyclic amines) is 1. The van der Waals surface area contributed by atoms with Crippen molar-refractivity contribution in [2.45, 2.75) is 46.6 Å². The number of carbonyl (C=O) groups is 2. The molecule has 12 heteroatoms. The van der Waals surface area contributed by atoms with Crippen LogP contribution in [-0.4, -0.2) is 91.2 Å². The molecule has 2 amide bonds. The van der Waals surface area contributed by atoms with Gasteiger partial charge in [0.05, 0.1) is 18.8 Å². The lowest BCUT2D eigenvalue weighted by atomic mass is 10.1. The average molecular weight is 510 g/mol. The molecule has 1 aliphatic heterocycles. The lowest BCUT2D eigenvalue weighted by Crippen LogP contribution is -2.46. The lowest BCUT2D eigenvalue weighted by Gasteiger charge is -2.32. The van der Waals surface area contributed by atoms with Gasteiger partial charge in [0.25, 0.3) is 5.91 Å². The fourth-order valence-electron chi connectivity index (χ4n) is 4.57. The van der Waals surface area contributed by atoms with Gasteiger partial charge in [-0.3, -0.25) is 9.80 Å². The molecular formula is C25H35N9O3. The second-order valence-electron chi connectivity index (χ2n) is 8.72. The van der Waals surface area contributed by atoms with Crippen molar-refractivity contribution in [2.75, 3.05) is 44.6 Å². The summed E-state index contributed by atoms with van der Waals surface area (Å²) in [5.41, 5.74) is 2.63. The Morgan fingerprint density at radius 2 is 1.76 bits per heavy atom. The first-order valence-electron chi connectivity index (χ1n) is 12.9. The number of benzene rings is 1. The zero-order valence-corrected chi connectivity index (χ0v) is 21.9. The normalized spacial score (nSPS) is 14.2. The number of nitrogens with zero attached hydrogens (tertiary/aromatic N) is 8. The van der Waals surface area contributed by atoms with Crippen LogP contribution in [0.15, 0.2) is 30.5 Å². The van der Waals surface area contributed by atoms with E-state index in [0.717, 1.165) is 31.6 Å². The third-order valence-electron chi connectivity index (χ3n) is 6.55. The zero-order valence-electron chi connectivity index (χ0n) is 21.9. The number of ether oxygens (including phenoxy) is 1. The maximum absolute atomic E-state index is 13.0. The minimum Gasteiger partial charge on any atom is -0.450 e. The highest BCUT2D eigenvalue weighted by atomic mass is 16.6. The molecule has 0 atom stereocenters. The number of carbonyl (C=O) groups excluding carboxylic acids is 2. The summed E-state index contributed by atoms with van der Waals surface area (Å²) in [5.74, 6) is 0.386. The number of rotatable bonds is 9. The van der Waals surface area contributed by atoms with E-state index in [9.17, 15) is 9.59 Å². The topological polar surface area (TPSA) is 122 Å². The zero-order chi connectivity index (χ0) is 26.4. The fraction of sp³-hybridized carbons (Fsp3) is 0.520. The number of aromatic nitrogens is 5. The van der Waals surface area contributed by atoms with Crippen molar-refractivity contribution < 1.29 is 14.3 Å². The lowest BCUT2D eigenvalue weighted by molar-refractivity contribution is -0.00113. The molecule has 1 saturated heterocycles. The van der Waals surface area contributed by atoms with Gasteiger partial charge in [0.2, 0.25) is 5.95 Å². The first-order chi connectivity index (χ1) is 18.0. The van der Waals surface area contributed by atoms with Crippen molar-refractivity contribution in [2.24, 2.45) is 0 Å². The Bertz CT molecular complexity index is 1200. The third kappa shape index (κ3) is 5.79. The van der Waals surface area contributed by atoms with Gasteiger partial charge in [-0.15, -0.1) is 5.10 Å². The molecule has 12 nitrogen and oxygen atoms in total. The van der Waals surface area contributed by atoms with Crippen LogP contribution in [0.3, 0.4) is 0 Å². The minimum atomic E-state index is -0.276. The summed E-state index contributed by atoms with van der Waals surface area (Å²) < 4.78 is 6.93. The van der Waals surface area contributed by atoms with Gasteiger partial charge in [0.15, 0.2) is 11.2 Å². The van der Waals surface area contributed by atoms with Gasteiger partial charge in [0, 0.05) is 44.0 Å². The summed E-state index contributed by atoms with van der Waals surface area (Å²) in [5, 5.41) is 15.5. The van der Waals surface area contributed by atoms with Gasteiger partial charge in [-0.25, -0.2) is 19.5 Å². The maximum atomic E-state index is 13.0. The van der Waals surface area contributed by atoms with Gasteiger partial charge in [-0.1, -0.05) is 19.1 Å². The van der Waals surface area contributed by atoms with Gasteiger partial charge in [-0.2, -0.15) is 4.98 Å². The number of amides is 2. The van der Waals surface area contributed by atoms with Gasteiger partial charge < -0.3 is 15.0 Å². The molecule has 1 aromatic carbocycles. The summed E-state index contributed by atoms with van der Waals surface area (Å²) >= 11 is 0. The second-order valence-corrected chi connectivity index (χ2v) is 8.72. The average Bonchev–Trinajstić information content (AvgIpc) is 3.35. The Morgan fingerprint density at radius 3 is 2.38 bits per heavy atom. The summed E-state index contributed by atoms with van der Waals surface area (Å²) in [6.45, 7) is 11.6. The standard InChI is InChI=1S/C25H35N9O3/c1-5-32(6-2)33(7-3)23(35)18-9-11-19(12-10-18)27-24-26-17-21-22(28-24)34(30-29-21)20-13-15-31(16-14-20)25(36)37-8-4/h9-12,17,20H,5-8,13-16H2,1-4H3,(H,26,27,28). The Hall–Kier alpha value is -3.80. The van der Waals surface area contributed by atoms with Crippen LogP contribution in [0.1, 0.15) is 56.9 Å². The SMILES string of the molecule is CCOC(=O)N1CCC(n2nnc3cnc(Nc4ccc(C(=O)N(CC)N(CC)CC)cc4)nc32)CC1. The van der Waals surface area contributed by atoms with E-state index in [1.54, 1.807) is 35.2 Å². The van der Waals surface area contributed by atoms with E-state index in [1.807, 2.05) is 42.6 Å². The molecule has 0 bridgehead atoms. The highest BCUT2D eigenvalue weighted by Gasteiger charge is 2.27. The van der Waals surface area contributed by atoms with Crippen LogP contribution < -0.4 is 5.32 Å². The van der Waals surface area contributed by atoms with Crippen LogP contribution in [0.4, 0.5) is 16.4 Å². The minimum absolute atomic E-state index is 0.0283. The van der Waals surface area contributed by atoms with E-state index in [2.05, 4.69) is 25.6 Å². The van der Waals surface area contributed by atoms with Crippen LogP contribution in [-0.2, 0) is 4.74 Å². The number of nitrogens with one attached hydrogen (secondary N) is 1. The van der Waals surface area contributed by atoms with Crippen LogP contribution in [0, 0.1) is 0 Å². The molecule has 0 saturated carbocycles. The van der Waals surface area contributed by atoms with Crippen molar-refractivity contribution in [3.63, 3.8) is 0 Å². The van der Waals surface area contributed by atoms with Crippen molar-refractivity contribution in [1.29, 1.82) is 0 Å². The molecule has 1 N–H and O–H groups in total. The molecule has 3 heterocycles. The van der Waals surface area contributed by atoms with Gasteiger partial charge in [0.1, 0.15) is 0 Å². The molecule has 0 unspecified atom stereocenters.